The molecule has 2 N–H and O–H groups in total. The number of ether oxygens (including phenoxy) is 1. The zero-order chi connectivity index (χ0) is 22.5. The number of rotatable bonds is 5. The summed E-state index contributed by atoms with van der Waals surface area (Å²) in [7, 11) is 0. The Hall–Kier alpha value is -3.15. The van der Waals surface area contributed by atoms with Crippen LogP contribution in [0.15, 0.2) is 41.5 Å². The standard InChI is InChI=1S/C21H20F5N3O/c1-4-5-16-8-6-15(11-28-16)14-7-9-18(23)17(10-14)20(3,12-22)29-19(27)30-13(2)21(24,25)26/h6-11,13H,12H2,1-3H3,(H2,27,29)/t13-,20?/m0/s1. The fraction of sp³-hybridized carbons (Fsp3) is 0.333. The molecule has 0 aliphatic heterocycles. The lowest BCUT2D eigenvalue weighted by Gasteiger charge is -2.25. The number of pyridine rings is 1. The van der Waals surface area contributed by atoms with Crippen molar-refractivity contribution in [2.75, 3.05) is 6.67 Å². The first-order chi connectivity index (χ1) is 14.0. The van der Waals surface area contributed by atoms with Gasteiger partial charge in [-0.15, -0.1) is 0 Å². The number of nitrogens with two attached hydrogens (primary N) is 1. The number of hydrogen-bond acceptors (Lipinski definition) is 3. The Balaban J connectivity index is 2.42. The maximum Gasteiger partial charge on any atom is 0.425 e. The fourth-order valence-corrected chi connectivity index (χ4v) is 2.56. The Morgan fingerprint density at radius 3 is 2.43 bits per heavy atom. The molecule has 2 atom stereocenters. The highest BCUT2D eigenvalue weighted by molar-refractivity contribution is 5.73. The van der Waals surface area contributed by atoms with Crippen LogP contribution in [0.1, 0.15) is 32.0 Å². The van der Waals surface area contributed by atoms with Crippen molar-refractivity contribution < 1.29 is 26.7 Å². The van der Waals surface area contributed by atoms with Crippen molar-refractivity contribution >= 4 is 6.02 Å². The minimum Gasteiger partial charge on any atom is -0.453 e. The third-order valence-corrected chi connectivity index (χ3v) is 4.27. The molecule has 0 spiro atoms. The van der Waals surface area contributed by atoms with Crippen molar-refractivity contribution in [1.82, 2.24) is 4.98 Å². The molecular formula is C21H20F5N3O. The first kappa shape index (κ1) is 23.1. The molecular weight excluding hydrogens is 405 g/mol. The smallest absolute Gasteiger partial charge is 0.425 e. The minimum absolute atomic E-state index is 0.189. The van der Waals surface area contributed by atoms with Gasteiger partial charge < -0.3 is 10.5 Å². The van der Waals surface area contributed by atoms with Gasteiger partial charge in [0.2, 0.25) is 0 Å². The van der Waals surface area contributed by atoms with Crippen molar-refractivity contribution in [3.05, 3.63) is 53.6 Å². The average molecular weight is 425 g/mol. The summed E-state index contributed by atoms with van der Waals surface area (Å²) in [5, 5.41) is 0. The van der Waals surface area contributed by atoms with Gasteiger partial charge in [-0.25, -0.2) is 18.8 Å². The molecule has 0 aliphatic rings. The molecule has 0 amide bonds. The van der Waals surface area contributed by atoms with Crippen LogP contribution < -0.4 is 5.73 Å². The fourth-order valence-electron chi connectivity index (χ4n) is 2.56. The molecule has 0 saturated carbocycles. The summed E-state index contributed by atoms with van der Waals surface area (Å²) in [4.78, 5) is 7.88. The summed E-state index contributed by atoms with van der Waals surface area (Å²) in [5.41, 5.74) is 5.01. The van der Waals surface area contributed by atoms with E-state index in [1.165, 1.54) is 25.3 Å². The molecule has 0 radical (unpaired) electrons. The van der Waals surface area contributed by atoms with E-state index in [1.807, 2.05) is 0 Å². The largest absolute Gasteiger partial charge is 0.453 e. The summed E-state index contributed by atoms with van der Waals surface area (Å²) in [6.45, 7) is 2.39. The third-order valence-electron chi connectivity index (χ3n) is 4.27. The molecule has 30 heavy (non-hydrogen) atoms. The number of halogens is 5. The lowest BCUT2D eigenvalue weighted by molar-refractivity contribution is -0.193. The molecule has 9 heteroatoms. The van der Waals surface area contributed by atoms with Gasteiger partial charge in [-0.3, -0.25) is 0 Å². The van der Waals surface area contributed by atoms with Gasteiger partial charge in [0, 0.05) is 17.3 Å². The van der Waals surface area contributed by atoms with Gasteiger partial charge in [0.25, 0.3) is 6.02 Å². The molecule has 0 bridgehead atoms. The second kappa shape index (κ2) is 9.11. The van der Waals surface area contributed by atoms with Crippen molar-refractivity contribution in [3.63, 3.8) is 0 Å². The monoisotopic (exact) mass is 425 g/mol. The maximum absolute atomic E-state index is 14.5. The Kier molecular flexibility index (Phi) is 7.03. The van der Waals surface area contributed by atoms with Gasteiger partial charge in [-0.2, -0.15) is 13.2 Å². The van der Waals surface area contributed by atoms with Gasteiger partial charge in [0.15, 0.2) is 6.10 Å². The lowest BCUT2D eigenvalue weighted by Crippen LogP contribution is -2.36. The molecule has 0 fully saturated rings. The average Bonchev–Trinajstić information content (AvgIpc) is 2.68. The van der Waals surface area contributed by atoms with Crippen LogP contribution in [0.5, 0.6) is 0 Å². The Morgan fingerprint density at radius 2 is 1.90 bits per heavy atom. The first-order valence-electron chi connectivity index (χ1n) is 8.84. The van der Waals surface area contributed by atoms with Crippen LogP contribution in [0.25, 0.3) is 11.1 Å². The normalized spacial score (nSPS) is 15.0. The highest BCUT2D eigenvalue weighted by Gasteiger charge is 2.39. The zero-order valence-electron chi connectivity index (χ0n) is 16.5. The second-order valence-electron chi connectivity index (χ2n) is 6.66. The van der Waals surface area contributed by atoms with Crippen LogP contribution in [-0.4, -0.2) is 30.0 Å². The van der Waals surface area contributed by atoms with E-state index in [-0.39, 0.29) is 5.56 Å². The molecule has 2 aromatic rings. The van der Waals surface area contributed by atoms with E-state index in [0.29, 0.717) is 16.8 Å². The molecule has 1 unspecified atom stereocenters. The second-order valence-corrected chi connectivity index (χ2v) is 6.66. The highest BCUT2D eigenvalue weighted by atomic mass is 19.4. The van der Waals surface area contributed by atoms with Crippen LogP contribution >= 0.6 is 0 Å². The predicted octanol–water partition coefficient (Wildman–Crippen LogP) is 4.73. The Bertz CT molecular complexity index is 977. The Labute approximate surface area is 171 Å². The predicted molar refractivity (Wildman–Crippen MR) is 104 cm³/mol. The quantitative estimate of drug-likeness (QED) is 0.326. The summed E-state index contributed by atoms with van der Waals surface area (Å²) in [5.74, 6) is 4.72. The van der Waals surface area contributed by atoms with Gasteiger partial charge in [-0.1, -0.05) is 18.1 Å². The lowest BCUT2D eigenvalue weighted by atomic mass is 9.91. The van der Waals surface area contributed by atoms with Crippen molar-refractivity contribution in [2.24, 2.45) is 10.7 Å². The van der Waals surface area contributed by atoms with Crippen LogP contribution in [0, 0.1) is 17.7 Å². The van der Waals surface area contributed by atoms with Crippen LogP contribution in [0.2, 0.25) is 0 Å². The van der Waals surface area contributed by atoms with Crippen molar-refractivity contribution in [3.8, 4) is 23.0 Å². The topological polar surface area (TPSA) is 60.5 Å². The third kappa shape index (κ3) is 5.47. The van der Waals surface area contributed by atoms with Gasteiger partial charge in [0.05, 0.1) is 0 Å². The summed E-state index contributed by atoms with van der Waals surface area (Å²) >= 11 is 0. The van der Waals surface area contributed by atoms with Crippen LogP contribution in [0.3, 0.4) is 0 Å². The van der Waals surface area contributed by atoms with E-state index >= 15 is 0 Å². The van der Waals surface area contributed by atoms with Gasteiger partial charge in [-0.05, 0) is 50.5 Å². The van der Waals surface area contributed by atoms with E-state index in [2.05, 4.69) is 26.6 Å². The van der Waals surface area contributed by atoms with Crippen molar-refractivity contribution in [1.29, 1.82) is 0 Å². The molecule has 0 aliphatic carbocycles. The zero-order valence-corrected chi connectivity index (χ0v) is 16.5. The number of benzene rings is 1. The van der Waals surface area contributed by atoms with E-state index in [4.69, 9.17) is 5.73 Å². The number of aromatic nitrogens is 1. The SMILES string of the molecule is CC#Cc1ccc(-c2ccc(F)c(C(C)(CF)N=C(N)O[C@@H](C)C(F)(F)F)c2)cn1. The number of amidine groups is 1. The molecule has 2 rings (SSSR count). The van der Waals surface area contributed by atoms with E-state index in [9.17, 15) is 22.0 Å². The molecule has 1 aromatic heterocycles. The summed E-state index contributed by atoms with van der Waals surface area (Å²) in [6.07, 6.45) is -5.41. The van der Waals surface area contributed by atoms with Gasteiger partial charge in [0.1, 0.15) is 23.7 Å². The first-order valence-corrected chi connectivity index (χ1v) is 8.84. The number of hydrogen-bond donors (Lipinski definition) is 1. The number of alkyl halides is 4. The van der Waals surface area contributed by atoms with E-state index in [0.717, 1.165) is 13.0 Å². The van der Waals surface area contributed by atoms with E-state index in [1.54, 1.807) is 19.1 Å². The number of nitrogens with zero attached hydrogens (tertiary/aromatic N) is 2. The summed E-state index contributed by atoms with van der Waals surface area (Å²) in [6, 6.07) is 6.42. The number of aliphatic imine (C=N–C) groups is 1. The molecule has 1 heterocycles. The minimum atomic E-state index is -4.68. The van der Waals surface area contributed by atoms with Crippen LogP contribution in [0.4, 0.5) is 22.0 Å². The van der Waals surface area contributed by atoms with Crippen LogP contribution in [-0.2, 0) is 10.3 Å². The van der Waals surface area contributed by atoms with E-state index < -0.39 is 36.3 Å². The maximum atomic E-state index is 14.5. The van der Waals surface area contributed by atoms with Gasteiger partial charge >= 0.3 is 6.18 Å². The summed E-state index contributed by atoms with van der Waals surface area (Å²) < 4.78 is 70.8. The molecule has 4 nitrogen and oxygen atoms in total. The molecule has 160 valence electrons. The van der Waals surface area contributed by atoms with Crippen molar-refractivity contribution in [2.45, 2.75) is 38.6 Å². The highest BCUT2D eigenvalue weighted by Crippen LogP contribution is 2.33. The molecule has 1 aromatic carbocycles. The Morgan fingerprint density at radius 1 is 1.23 bits per heavy atom. The molecule has 0 saturated heterocycles.